The normalized spacial score (nSPS) is 10.2. The minimum absolute atomic E-state index is 0.0648. The number of hydrogen-bond acceptors (Lipinski definition) is 3. The number of rotatable bonds is 2. The van der Waals surface area contributed by atoms with E-state index >= 15 is 0 Å². The van der Waals surface area contributed by atoms with Gasteiger partial charge in [-0.05, 0) is 23.9 Å². The Hall–Kier alpha value is -2.29. The van der Waals surface area contributed by atoms with Crippen LogP contribution in [0.1, 0.15) is 5.56 Å². The Balaban J connectivity index is 2.67. The third-order valence-electron chi connectivity index (χ3n) is 2.51. The fraction of sp³-hybridized carbons (Fsp3) is 0.0714. The molecule has 2 aromatic rings. The maximum atomic E-state index is 11.2. The van der Waals surface area contributed by atoms with E-state index in [9.17, 15) is 9.90 Å². The summed E-state index contributed by atoms with van der Waals surface area (Å²) in [7, 11) is 0. The van der Waals surface area contributed by atoms with Gasteiger partial charge in [-0.15, -0.1) is 0 Å². The largest absolute Gasteiger partial charge is 0.508 e. The van der Waals surface area contributed by atoms with Crippen LogP contribution in [-0.2, 0) is 4.79 Å². The van der Waals surface area contributed by atoms with E-state index < -0.39 is 5.97 Å². The molecule has 0 aliphatic carbocycles. The lowest BCUT2D eigenvalue weighted by Crippen LogP contribution is -2.03. The maximum absolute atomic E-state index is 11.2. The number of carbonyl (C=O) groups excluding carboxylic acids is 1. The molecule has 17 heavy (non-hydrogen) atoms. The van der Waals surface area contributed by atoms with Crippen LogP contribution in [0.5, 0.6) is 11.5 Å². The number of ether oxygens (including phenoxy) is 1. The first-order chi connectivity index (χ1) is 8.11. The number of benzene rings is 2. The van der Waals surface area contributed by atoms with E-state index in [-0.39, 0.29) is 5.75 Å². The molecule has 0 aliphatic heterocycles. The van der Waals surface area contributed by atoms with E-state index in [2.05, 4.69) is 6.58 Å². The van der Waals surface area contributed by atoms with Crippen LogP contribution in [-0.4, -0.2) is 11.1 Å². The molecule has 0 atom stereocenters. The molecule has 0 bridgehead atoms. The number of phenols is 1. The Morgan fingerprint density at radius 1 is 1.41 bits per heavy atom. The molecule has 0 saturated carbocycles. The third kappa shape index (κ3) is 2.13. The van der Waals surface area contributed by atoms with Crippen molar-refractivity contribution in [1.82, 2.24) is 0 Å². The average Bonchev–Trinajstić information content (AvgIpc) is 2.28. The fourth-order valence-corrected chi connectivity index (χ4v) is 1.79. The van der Waals surface area contributed by atoms with Crippen molar-refractivity contribution >= 4 is 16.7 Å². The summed E-state index contributed by atoms with van der Waals surface area (Å²) >= 11 is 0. The van der Waals surface area contributed by atoms with Crippen molar-refractivity contribution in [3.63, 3.8) is 0 Å². The molecule has 2 rings (SSSR count). The monoisotopic (exact) mass is 228 g/mol. The molecule has 2 aromatic carbocycles. The quantitative estimate of drug-likeness (QED) is 0.488. The van der Waals surface area contributed by atoms with Crippen LogP contribution in [0.2, 0.25) is 0 Å². The van der Waals surface area contributed by atoms with E-state index in [1.165, 1.54) is 6.07 Å². The smallest absolute Gasteiger partial charge is 0.335 e. The Morgan fingerprint density at radius 2 is 2.18 bits per heavy atom. The number of phenolic OH excluding ortho intramolecular Hbond substituents is 1. The van der Waals surface area contributed by atoms with Gasteiger partial charge < -0.3 is 9.84 Å². The summed E-state index contributed by atoms with van der Waals surface area (Å²) in [5, 5.41) is 11.2. The van der Waals surface area contributed by atoms with E-state index in [1.54, 1.807) is 6.07 Å². The molecule has 0 spiro atoms. The first-order valence-electron chi connectivity index (χ1n) is 5.18. The Bertz CT molecular complexity index is 600. The first-order valence-corrected chi connectivity index (χ1v) is 5.18. The standard InChI is InChI=1S/C14H12O3/c1-3-13(16)17-12-8-11(15)7-10-6-4-5-9(2)14(10)12/h3-8,15H,1H2,2H3. The van der Waals surface area contributed by atoms with Gasteiger partial charge in [-0.2, -0.15) is 0 Å². The van der Waals surface area contributed by atoms with E-state index in [1.807, 2.05) is 25.1 Å². The zero-order valence-corrected chi connectivity index (χ0v) is 9.43. The lowest BCUT2D eigenvalue weighted by atomic mass is 10.0. The molecule has 0 fully saturated rings. The van der Waals surface area contributed by atoms with Gasteiger partial charge in [0.05, 0.1) is 0 Å². The molecule has 0 saturated heterocycles. The minimum atomic E-state index is -0.542. The number of esters is 1. The first kappa shape index (κ1) is 11.2. The van der Waals surface area contributed by atoms with Crippen LogP contribution in [0.4, 0.5) is 0 Å². The topological polar surface area (TPSA) is 46.5 Å². The molecule has 1 N–H and O–H groups in total. The van der Waals surface area contributed by atoms with Crippen molar-refractivity contribution in [3.05, 3.63) is 48.6 Å². The van der Waals surface area contributed by atoms with Crippen LogP contribution in [0, 0.1) is 6.92 Å². The van der Waals surface area contributed by atoms with Crippen LogP contribution in [0.25, 0.3) is 10.8 Å². The maximum Gasteiger partial charge on any atom is 0.335 e. The van der Waals surface area contributed by atoms with Gasteiger partial charge >= 0.3 is 5.97 Å². The highest BCUT2D eigenvalue weighted by atomic mass is 16.5. The van der Waals surface area contributed by atoms with Crippen LogP contribution in [0.3, 0.4) is 0 Å². The molecular formula is C14H12O3. The van der Waals surface area contributed by atoms with Gasteiger partial charge in [0.15, 0.2) is 0 Å². The SMILES string of the molecule is C=CC(=O)Oc1cc(O)cc2cccc(C)c12. The average molecular weight is 228 g/mol. The highest BCUT2D eigenvalue weighted by Crippen LogP contribution is 2.33. The predicted octanol–water partition coefficient (Wildman–Crippen LogP) is 2.95. The Morgan fingerprint density at radius 3 is 2.88 bits per heavy atom. The van der Waals surface area contributed by atoms with Gasteiger partial charge in [0.25, 0.3) is 0 Å². The molecule has 86 valence electrons. The Kier molecular flexibility index (Phi) is 2.83. The van der Waals surface area contributed by atoms with Gasteiger partial charge in [-0.25, -0.2) is 4.79 Å². The van der Waals surface area contributed by atoms with Crippen LogP contribution < -0.4 is 4.74 Å². The molecule has 0 aromatic heterocycles. The molecular weight excluding hydrogens is 216 g/mol. The minimum Gasteiger partial charge on any atom is -0.508 e. The van der Waals surface area contributed by atoms with Crippen molar-refractivity contribution in [2.75, 3.05) is 0 Å². The summed E-state index contributed by atoms with van der Waals surface area (Å²) in [6, 6.07) is 8.72. The number of aromatic hydroxyl groups is 1. The van der Waals surface area contributed by atoms with E-state index in [0.717, 1.165) is 22.4 Å². The summed E-state index contributed by atoms with van der Waals surface area (Å²) in [4.78, 5) is 11.2. The van der Waals surface area contributed by atoms with Crippen molar-refractivity contribution < 1.29 is 14.6 Å². The second-order valence-electron chi connectivity index (χ2n) is 3.74. The zero-order chi connectivity index (χ0) is 12.4. The lowest BCUT2D eigenvalue weighted by molar-refractivity contribution is -0.128. The highest BCUT2D eigenvalue weighted by molar-refractivity contribution is 5.95. The molecule has 0 amide bonds. The van der Waals surface area contributed by atoms with Gasteiger partial charge in [0.2, 0.25) is 0 Å². The number of aryl methyl sites for hydroxylation is 1. The van der Waals surface area contributed by atoms with Crippen LogP contribution in [0.15, 0.2) is 43.0 Å². The fourth-order valence-electron chi connectivity index (χ4n) is 1.79. The van der Waals surface area contributed by atoms with Crippen molar-refractivity contribution in [2.45, 2.75) is 6.92 Å². The predicted molar refractivity (Wildman–Crippen MR) is 66.2 cm³/mol. The van der Waals surface area contributed by atoms with Gasteiger partial charge in [0, 0.05) is 17.5 Å². The number of fused-ring (bicyclic) bond motifs is 1. The molecule has 3 heteroatoms. The lowest BCUT2D eigenvalue weighted by Gasteiger charge is -2.09. The second-order valence-corrected chi connectivity index (χ2v) is 3.74. The van der Waals surface area contributed by atoms with Gasteiger partial charge in [-0.1, -0.05) is 24.8 Å². The van der Waals surface area contributed by atoms with Crippen molar-refractivity contribution in [1.29, 1.82) is 0 Å². The van der Waals surface area contributed by atoms with E-state index in [4.69, 9.17) is 4.74 Å². The van der Waals surface area contributed by atoms with Crippen molar-refractivity contribution in [3.8, 4) is 11.5 Å². The number of hydrogen-bond donors (Lipinski definition) is 1. The highest BCUT2D eigenvalue weighted by Gasteiger charge is 2.09. The zero-order valence-electron chi connectivity index (χ0n) is 9.43. The van der Waals surface area contributed by atoms with E-state index in [0.29, 0.717) is 5.75 Å². The summed E-state index contributed by atoms with van der Waals surface area (Å²) in [5.41, 5.74) is 0.981. The summed E-state index contributed by atoms with van der Waals surface area (Å²) in [6.45, 7) is 5.27. The summed E-state index contributed by atoms with van der Waals surface area (Å²) < 4.78 is 5.12. The molecule has 0 aliphatic rings. The number of carbonyl (C=O) groups is 1. The third-order valence-corrected chi connectivity index (χ3v) is 2.51. The van der Waals surface area contributed by atoms with Gasteiger partial charge in [-0.3, -0.25) is 0 Å². The van der Waals surface area contributed by atoms with Crippen molar-refractivity contribution in [2.24, 2.45) is 0 Å². The second kappa shape index (κ2) is 4.29. The summed E-state index contributed by atoms with van der Waals surface area (Å²) in [6.07, 6.45) is 1.09. The molecule has 0 heterocycles. The summed E-state index contributed by atoms with van der Waals surface area (Å²) in [5.74, 6) is -0.127. The van der Waals surface area contributed by atoms with Gasteiger partial charge in [0.1, 0.15) is 11.5 Å². The Labute approximate surface area is 99.0 Å². The molecule has 0 radical (unpaired) electrons. The molecule has 0 unspecified atom stereocenters. The molecule has 3 nitrogen and oxygen atoms in total. The van der Waals surface area contributed by atoms with Crippen LogP contribution >= 0.6 is 0 Å².